The van der Waals surface area contributed by atoms with Gasteiger partial charge in [-0.05, 0) is 25.5 Å². The van der Waals surface area contributed by atoms with E-state index in [0.29, 0.717) is 11.9 Å². The first-order valence-electron chi connectivity index (χ1n) is 4.20. The van der Waals surface area contributed by atoms with Gasteiger partial charge >= 0.3 is 0 Å². The highest BCUT2D eigenvalue weighted by Gasteiger charge is 1.97. The zero-order valence-corrected chi connectivity index (χ0v) is 7.54. The Hall–Kier alpha value is -1.25. The van der Waals surface area contributed by atoms with Crippen LogP contribution in [0.5, 0.6) is 0 Å². The van der Waals surface area contributed by atoms with Crippen molar-refractivity contribution < 1.29 is 0 Å². The molecule has 1 unspecified atom stereocenters. The lowest BCUT2D eigenvalue weighted by atomic mass is 10.2. The van der Waals surface area contributed by atoms with Crippen LogP contribution in [0.25, 0.3) is 0 Å². The van der Waals surface area contributed by atoms with Crippen molar-refractivity contribution in [2.24, 2.45) is 0 Å². The van der Waals surface area contributed by atoms with Gasteiger partial charge in [0, 0.05) is 6.04 Å². The molecule has 0 amide bonds. The maximum atomic E-state index is 5.45. The molecule has 0 aliphatic rings. The molecule has 3 nitrogen and oxygen atoms in total. The zero-order chi connectivity index (χ0) is 8.97. The van der Waals surface area contributed by atoms with Crippen LogP contribution in [0.15, 0.2) is 18.3 Å². The second-order valence-electron chi connectivity index (χ2n) is 2.93. The minimum absolute atomic E-state index is 0.482. The molecule has 1 atom stereocenters. The lowest BCUT2D eigenvalue weighted by molar-refractivity contribution is 0.763. The Kier molecular flexibility index (Phi) is 2.91. The predicted molar refractivity (Wildman–Crippen MR) is 52.0 cm³/mol. The molecule has 1 heterocycles. The predicted octanol–water partition coefficient (Wildman–Crippen LogP) is 1.87. The monoisotopic (exact) mass is 165 g/mol. The number of pyridine rings is 1. The highest BCUT2D eigenvalue weighted by atomic mass is 14.9. The summed E-state index contributed by atoms with van der Waals surface area (Å²) in [6.07, 6.45) is 2.85. The lowest BCUT2D eigenvalue weighted by Crippen LogP contribution is -2.13. The standard InChI is InChI=1S/C9H15N3/c1-3-7(2)12-8-4-5-9(10)11-6-8/h4-7,12H,3H2,1-2H3,(H2,10,11). The van der Waals surface area contributed by atoms with Crippen LogP contribution in [0, 0.1) is 0 Å². The Morgan fingerprint density at radius 3 is 2.83 bits per heavy atom. The summed E-state index contributed by atoms with van der Waals surface area (Å²) < 4.78 is 0. The van der Waals surface area contributed by atoms with E-state index in [-0.39, 0.29) is 0 Å². The van der Waals surface area contributed by atoms with Gasteiger partial charge in [0.2, 0.25) is 0 Å². The molecule has 0 radical (unpaired) electrons. The zero-order valence-electron chi connectivity index (χ0n) is 7.54. The Bertz CT molecular complexity index is 230. The van der Waals surface area contributed by atoms with E-state index >= 15 is 0 Å². The Morgan fingerprint density at radius 2 is 2.33 bits per heavy atom. The fourth-order valence-electron chi connectivity index (χ4n) is 0.877. The molecule has 0 spiro atoms. The van der Waals surface area contributed by atoms with Gasteiger partial charge in [0.1, 0.15) is 5.82 Å². The van der Waals surface area contributed by atoms with Gasteiger partial charge in [-0.1, -0.05) is 6.92 Å². The first kappa shape index (κ1) is 8.84. The summed E-state index contributed by atoms with van der Waals surface area (Å²) in [5.74, 6) is 0.560. The van der Waals surface area contributed by atoms with E-state index in [1.54, 1.807) is 12.3 Å². The summed E-state index contributed by atoms with van der Waals surface area (Å²) in [6, 6.07) is 4.22. The molecule has 12 heavy (non-hydrogen) atoms. The Morgan fingerprint density at radius 1 is 1.58 bits per heavy atom. The number of anilines is 2. The number of hydrogen-bond donors (Lipinski definition) is 2. The fraction of sp³-hybridized carbons (Fsp3) is 0.444. The van der Waals surface area contributed by atoms with Crippen LogP contribution in [-0.2, 0) is 0 Å². The van der Waals surface area contributed by atoms with Crippen molar-refractivity contribution in [3.05, 3.63) is 18.3 Å². The second-order valence-corrected chi connectivity index (χ2v) is 2.93. The van der Waals surface area contributed by atoms with Crippen molar-refractivity contribution in [2.75, 3.05) is 11.1 Å². The molecule has 3 heteroatoms. The van der Waals surface area contributed by atoms with Crippen LogP contribution in [0.2, 0.25) is 0 Å². The van der Waals surface area contributed by atoms with Gasteiger partial charge in [0.25, 0.3) is 0 Å². The molecule has 3 N–H and O–H groups in total. The summed E-state index contributed by atoms with van der Waals surface area (Å²) >= 11 is 0. The van der Waals surface area contributed by atoms with E-state index in [2.05, 4.69) is 24.1 Å². The molecule has 1 aromatic rings. The second kappa shape index (κ2) is 3.95. The number of nitrogens with two attached hydrogens (primary N) is 1. The number of nitrogen functional groups attached to an aromatic ring is 1. The van der Waals surface area contributed by atoms with Gasteiger partial charge < -0.3 is 11.1 Å². The van der Waals surface area contributed by atoms with Crippen molar-refractivity contribution in [3.8, 4) is 0 Å². The first-order chi connectivity index (χ1) is 5.72. The van der Waals surface area contributed by atoms with Crippen LogP contribution >= 0.6 is 0 Å². The van der Waals surface area contributed by atoms with Crippen molar-refractivity contribution in [2.45, 2.75) is 26.3 Å². The Labute approximate surface area is 73.0 Å². The molecule has 1 rings (SSSR count). The number of nitrogens with zero attached hydrogens (tertiary/aromatic N) is 1. The third kappa shape index (κ3) is 2.42. The molecular weight excluding hydrogens is 150 g/mol. The van der Waals surface area contributed by atoms with Gasteiger partial charge in [0.15, 0.2) is 0 Å². The van der Waals surface area contributed by atoms with Gasteiger partial charge in [0.05, 0.1) is 11.9 Å². The summed E-state index contributed by atoms with van der Waals surface area (Å²) in [5.41, 5.74) is 6.48. The normalized spacial score (nSPS) is 12.5. The first-order valence-corrected chi connectivity index (χ1v) is 4.20. The molecule has 0 fully saturated rings. The van der Waals surface area contributed by atoms with Crippen molar-refractivity contribution >= 4 is 11.5 Å². The molecule has 0 saturated carbocycles. The maximum absolute atomic E-state index is 5.45. The number of rotatable bonds is 3. The highest BCUT2D eigenvalue weighted by molar-refractivity contribution is 5.45. The van der Waals surface area contributed by atoms with Crippen LogP contribution in [0.4, 0.5) is 11.5 Å². The van der Waals surface area contributed by atoms with E-state index < -0.39 is 0 Å². The van der Waals surface area contributed by atoms with Crippen molar-refractivity contribution in [1.82, 2.24) is 4.98 Å². The third-order valence-electron chi connectivity index (χ3n) is 1.81. The van der Waals surface area contributed by atoms with Gasteiger partial charge in [-0.2, -0.15) is 0 Å². The number of aromatic nitrogens is 1. The fourth-order valence-corrected chi connectivity index (χ4v) is 0.877. The minimum atomic E-state index is 0.482. The molecule has 0 aliphatic carbocycles. The van der Waals surface area contributed by atoms with Crippen molar-refractivity contribution in [1.29, 1.82) is 0 Å². The SMILES string of the molecule is CCC(C)Nc1ccc(N)nc1. The van der Waals surface area contributed by atoms with Crippen molar-refractivity contribution in [3.63, 3.8) is 0 Å². The molecular formula is C9H15N3. The molecule has 0 aromatic carbocycles. The largest absolute Gasteiger partial charge is 0.384 e. The summed E-state index contributed by atoms with van der Waals surface area (Å²) in [4.78, 5) is 3.98. The van der Waals surface area contributed by atoms with Crippen LogP contribution in [0.1, 0.15) is 20.3 Å². The Balaban J connectivity index is 2.58. The van der Waals surface area contributed by atoms with E-state index in [1.165, 1.54) is 0 Å². The molecule has 66 valence electrons. The van der Waals surface area contributed by atoms with E-state index in [1.807, 2.05) is 6.07 Å². The summed E-state index contributed by atoms with van der Waals surface area (Å²) in [7, 11) is 0. The summed E-state index contributed by atoms with van der Waals surface area (Å²) in [6.45, 7) is 4.28. The van der Waals surface area contributed by atoms with Crippen LogP contribution in [0.3, 0.4) is 0 Å². The molecule has 1 aromatic heterocycles. The average Bonchev–Trinajstić information content (AvgIpc) is 2.09. The summed E-state index contributed by atoms with van der Waals surface area (Å²) in [5, 5.41) is 3.30. The lowest BCUT2D eigenvalue weighted by Gasteiger charge is -2.11. The number of hydrogen-bond acceptors (Lipinski definition) is 3. The quantitative estimate of drug-likeness (QED) is 0.719. The minimum Gasteiger partial charge on any atom is -0.384 e. The highest BCUT2D eigenvalue weighted by Crippen LogP contribution is 2.09. The third-order valence-corrected chi connectivity index (χ3v) is 1.81. The van der Waals surface area contributed by atoms with Gasteiger partial charge in [-0.15, -0.1) is 0 Å². The van der Waals surface area contributed by atoms with E-state index in [0.717, 1.165) is 12.1 Å². The van der Waals surface area contributed by atoms with Crippen LogP contribution in [-0.4, -0.2) is 11.0 Å². The molecule has 0 saturated heterocycles. The van der Waals surface area contributed by atoms with E-state index in [9.17, 15) is 0 Å². The van der Waals surface area contributed by atoms with Gasteiger partial charge in [-0.25, -0.2) is 4.98 Å². The van der Waals surface area contributed by atoms with Crippen LogP contribution < -0.4 is 11.1 Å². The smallest absolute Gasteiger partial charge is 0.123 e. The van der Waals surface area contributed by atoms with Gasteiger partial charge in [-0.3, -0.25) is 0 Å². The van der Waals surface area contributed by atoms with E-state index in [4.69, 9.17) is 5.73 Å². The average molecular weight is 165 g/mol. The maximum Gasteiger partial charge on any atom is 0.123 e. The molecule has 0 aliphatic heterocycles. The number of nitrogens with one attached hydrogen (secondary N) is 1. The topological polar surface area (TPSA) is 50.9 Å². The molecule has 0 bridgehead atoms.